The Morgan fingerprint density at radius 1 is 1.29 bits per heavy atom. The minimum Gasteiger partial charge on any atom is -0.337 e. The molecule has 3 nitrogen and oxygen atoms in total. The van der Waals surface area contributed by atoms with E-state index in [1.54, 1.807) is 4.90 Å². The summed E-state index contributed by atoms with van der Waals surface area (Å²) in [6, 6.07) is 0. The van der Waals surface area contributed by atoms with Crippen molar-refractivity contribution >= 4 is 17.2 Å². The topological polar surface area (TPSA) is 33.2 Å². The SMILES string of the molecule is O=C(c1csc(C(F)(F)F)n1)N1CCCCC1. The van der Waals surface area contributed by atoms with Gasteiger partial charge in [0.15, 0.2) is 5.01 Å². The maximum Gasteiger partial charge on any atom is 0.443 e. The molecule has 0 atom stereocenters. The van der Waals surface area contributed by atoms with Gasteiger partial charge in [-0.3, -0.25) is 4.79 Å². The van der Waals surface area contributed by atoms with E-state index >= 15 is 0 Å². The van der Waals surface area contributed by atoms with Crippen molar-refractivity contribution < 1.29 is 18.0 Å². The van der Waals surface area contributed by atoms with Crippen molar-refractivity contribution in [3.63, 3.8) is 0 Å². The fourth-order valence-electron chi connectivity index (χ4n) is 1.76. The molecule has 1 aromatic heterocycles. The normalized spacial score (nSPS) is 17.2. The average Bonchev–Trinajstić information content (AvgIpc) is 2.78. The molecule has 2 rings (SSSR count). The molecular weight excluding hydrogens is 253 g/mol. The van der Waals surface area contributed by atoms with E-state index in [-0.39, 0.29) is 5.69 Å². The number of thiazole rings is 1. The number of rotatable bonds is 1. The Hall–Kier alpha value is -1.11. The molecule has 1 aliphatic rings. The van der Waals surface area contributed by atoms with Gasteiger partial charge in [-0.25, -0.2) is 4.98 Å². The second kappa shape index (κ2) is 4.64. The Kier molecular flexibility index (Phi) is 3.37. The van der Waals surface area contributed by atoms with Crippen molar-refractivity contribution in [1.82, 2.24) is 9.88 Å². The van der Waals surface area contributed by atoms with E-state index in [1.165, 1.54) is 5.38 Å². The molecule has 17 heavy (non-hydrogen) atoms. The highest BCUT2D eigenvalue weighted by Gasteiger charge is 2.35. The van der Waals surface area contributed by atoms with Crippen molar-refractivity contribution in [2.24, 2.45) is 0 Å². The van der Waals surface area contributed by atoms with E-state index in [0.29, 0.717) is 24.4 Å². The summed E-state index contributed by atoms with van der Waals surface area (Å²) in [7, 11) is 0. The van der Waals surface area contributed by atoms with E-state index in [1.807, 2.05) is 0 Å². The van der Waals surface area contributed by atoms with Crippen LogP contribution >= 0.6 is 11.3 Å². The standard InChI is InChI=1S/C10H11F3N2OS/c11-10(12,13)9-14-7(6-17-9)8(16)15-4-2-1-3-5-15/h6H,1-5H2. The van der Waals surface area contributed by atoms with E-state index in [2.05, 4.69) is 4.98 Å². The second-order valence-corrected chi connectivity index (χ2v) is 4.75. The molecule has 0 aromatic carbocycles. The van der Waals surface area contributed by atoms with Crippen LogP contribution in [0.5, 0.6) is 0 Å². The Balaban J connectivity index is 2.11. The number of alkyl halides is 3. The van der Waals surface area contributed by atoms with Crippen LogP contribution in [0.15, 0.2) is 5.38 Å². The number of halogens is 3. The predicted molar refractivity (Wildman–Crippen MR) is 56.9 cm³/mol. The Morgan fingerprint density at radius 2 is 1.94 bits per heavy atom. The zero-order chi connectivity index (χ0) is 12.5. The summed E-state index contributed by atoms with van der Waals surface area (Å²) in [6.45, 7) is 1.22. The zero-order valence-corrected chi connectivity index (χ0v) is 9.77. The molecule has 0 bridgehead atoms. The lowest BCUT2D eigenvalue weighted by Gasteiger charge is -2.25. The molecule has 0 aliphatic carbocycles. The summed E-state index contributed by atoms with van der Waals surface area (Å²) in [5.74, 6) is -0.392. The van der Waals surface area contributed by atoms with Gasteiger partial charge in [-0.15, -0.1) is 11.3 Å². The second-order valence-electron chi connectivity index (χ2n) is 3.89. The van der Waals surface area contributed by atoms with Crippen LogP contribution in [0.1, 0.15) is 34.8 Å². The lowest BCUT2D eigenvalue weighted by molar-refractivity contribution is -0.137. The predicted octanol–water partition coefficient (Wildman–Crippen LogP) is 2.79. The van der Waals surface area contributed by atoms with Gasteiger partial charge >= 0.3 is 6.18 Å². The third kappa shape index (κ3) is 2.77. The summed E-state index contributed by atoms with van der Waals surface area (Å²) < 4.78 is 37.0. The molecule has 1 amide bonds. The number of hydrogen-bond donors (Lipinski definition) is 0. The van der Waals surface area contributed by atoms with Gasteiger partial charge < -0.3 is 4.90 Å². The number of hydrogen-bond acceptors (Lipinski definition) is 3. The summed E-state index contributed by atoms with van der Waals surface area (Å²) in [5.41, 5.74) is -0.0933. The van der Waals surface area contributed by atoms with Crippen LogP contribution in [0.4, 0.5) is 13.2 Å². The maximum atomic E-state index is 12.3. The summed E-state index contributed by atoms with van der Waals surface area (Å²) in [6.07, 6.45) is -1.59. The van der Waals surface area contributed by atoms with Crippen LogP contribution in [0.25, 0.3) is 0 Å². The molecule has 1 fully saturated rings. The molecule has 94 valence electrons. The highest BCUT2D eigenvalue weighted by molar-refractivity contribution is 7.09. The van der Waals surface area contributed by atoms with Crippen molar-refractivity contribution in [2.75, 3.05) is 13.1 Å². The molecule has 2 heterocycles. The molecule has 0 unspecified atom stereocenters. The van der Waals surface area contributed by atoms with E-state index < -0.39 is 17.1 Å². The number of piperidine rings is 1. The van der Waals surface area contributed by atoms with Gasteiger partial charge in [-0.05, 0) is 19.3 Å². The molecule has 0 N–H and O–H groups in total. The van der Waals surface area contributed by atoms with Crippen LogP contribution in [-0.4, -0.2) is 28.9 Å². The first-order valence-electron chi connectivity index (χ1n) is 5.30. The van der Waals surface area contributed by atoms with Gasteiger partial charge in [0, 0.05) is 18.5 Å². The van der Waals surface area contributed by atoms with Crippen LogP contribution < -0.4 is 0 Å². The smallest absolute Gasteiger partial charge is 0.337 e. The molecule has 1 aromatic rings. The van der Waals surface area contributed by atoms with Gasteiger partial charge in [0.2, 0.25) is 0 Å². The first-order valence-corrected chi connectivity index (χ1v) is 6.18. The molecule has 1 saturated heterocycles. The monoisotopic (exact) mass is 264 g/mol. The number of carbonyl (C=O) groups excluding carboxylic acids is 1. The number of likely N-dealkylation sites (tertiary alicyclic amines) is 1. The van der Waals surface area contributed by atoms with Crippen LogP contribution in [0.2, 0.25) is 0 Å². The molecular formula is C10H11F3N2OS. The fraction of sp³-hybridized carbons (Fsp3) is 0.600. The number of aromatic nitrogens is 1. The molecule has 0 saturated carbocycles. The van der Waals surface area contributed by atoms with E-state index in [4.69, 9.17) is 0 Å². The third-order valence-corrected chi connectivity index (χ3v) is 3.50. The van der Waals surface area contributed by atoms with Crippen LogP contribution in [0, 0.1) is 0 Å². The first-order chi connectivity index (χ1) is 7.98. The fourth-order valence-corrected chi connectivity index (χ4v) is 2.42. The van der Waals surface area contributed by atoms with Crippen molar-refractivity contribution in [1.29, 1.82) is 0 Å². The lowest BCUT2D eigenvalue weighted by Crippen LogP contribution is -2.35. The number of amides is 1. The Labute approximate surface area is 100 Å². The largest absolute Gasteiger partial charge is 0.443 e. The summed E-state index contributed by atoms with van der Waals surface area (Å²) in [5, 5.41) is 0.220. The van der Waals surface area contributed by atoms with Crippen molar-refractivity contribution in [2.45, 2.75) is 25.4 Å². The highest BCUT2D eigenvalue weighted by Crippen LogP contribution is 2.31. The average molecular weight is 264 g/mol. The minimum atomic E-state index is -4.47. The van der Waals surface area contributed by atoms with E-state index in [0.717, 1.165) is 19.3 Å². The Morgan fingerprint density at radius 3 is 2.47 bits per heavy atom. The zero-order valence-electron chi connectivity index (χ0n) is 8.96. The molecule has 0 spiro atoms. The molecule has 7 heteroatoms. The summed E-state index contributed by atoms with van der Waals surface area (Å²) >= 11 is 0.465. The van der Waals surface area contributed by atoms with Gasteiger partial charge in [0.05, 0.1) is 0 Å². The number of nitrogens with zero attached hydrogens (tertiary/aromatic N) is 2. The summed E-state index contributed by atoms with van der Waals surface area (Å²) in [4.78, 5) is 16.8. The lowest BCUT2D eigenvalue weighted by atomic mass is 10.1. The quantitative estimate of drug-likeness (QED) is 0.781. The number of carbonyl (C=O) groups is 1. The van der Waals surface area contributed by atoms with Gasteiger partial charge in [-0.2, -0.15) is 13.2 Å². The van der Waals surface area contributed by atoms with Crippen molar-refractivity contribution in [3.8, 4) is 0 Å². The third-order valence-electron chi connectivity index (χ3n) is 2.61. The molecule has 1 aliphatic heterocycles. The van der Waals surface area contributed by atoms with Gasteiger partial charge in [0.25, 0.3) is 5.91 Å². The minimum absolute atomic E-state index is 0.0933. The first kappa shape index (κ1) is 12.3. The van der Waals surface area contributed by atoms with E-state index in [9.17, 15) is 18.0 Å². The van der Waals surface area contributed by atoms with Crippen molar-refractivity contribution in [3.05, 3.63) is 16.1 Å². The van der Waals surface area contributed by atoms with Crippen LogP contribution in [-0.2, 0) is 6.18 Å². The molecule has 0 radical (unpaired) electrons. The van der Waals surface area contributed by atoms with Crippen LogP contribution in [0.3, 0.4) is 0 Å². The Bertz CT molecular complexity index is 410. The highest BCUT2D eigenvalue weighted by atomic mass is 32.1. The van der Waals surface area contributed by atoms with Gasteiger partial charge in [-0.1, -0.05) is 0 Å². The van der Waals surface area contributed by atoms with Gasteiger partial charge in [0.1, 0.15) is 5.69 Å². The maximum absolute atomic E-state index is 12.3.